The molecule has 0 saturated heterocycles. The van der Waals surface area contributed by atoms with Gasteiger partial charge >= 0.3 is 0 Å². The summed E-state index contributed by atoms with van der Waals surface area (Å²) in [6.07, 6.45) is 5.97. The van der Waals surface area contributed by atoms with Gasteiger partial charge in [-0.3, -0.25) is 4.79 Å². The molecule has 1 fully saturated rings. The van der Waals surface area contributed by atoms with Crippen LogP contribution in [0.2, 0.25) is 0 Å². The molecule has 0 N–H and O–H groups in total. The summed E-state index contributed by atoms with van der Waals surface area (Å²) in [6.45, 7) is 4.45. The number of carbonyl (C=O) groups is 1. The van der Waals surface area contributed by atoms with Crippen molar-refractivity contribution in [2.24, 2.45) is 0 Å². The third-order valence-corrected chi connectivity index (χ3v) is 3.71. The first kappa shape index (κ1) is 13.1. The zero-order chi connectivity index (χ0) is 13.0. The molecule has 1 aliphatic carbocycles. The van der Waals surface area contributed by atoms with E-state index in [1.807, 2.05) is 12.1 Å². The molecule has 1 aromatic carbocycles. The molecule has 1 aromatic rings. The zero-order valence-corrected chi connectivity index (χ0v) is 11.4. The molecule has 0 spiro atoms. The highest BCUT2D eigenvalue weighted by Gasteiger charge is 2.21. The number of Topliss-reactive ketones (excluding diaryl/α,β-unsaturated/α-hetero) is 1. The average molecular weight is 246 g/mol. The smallest absolute Gasteiger partial charge is 0.163 e. The fourth-order valence-corrected chi connectivity index (χ4v) is 2.27. The molecule has 18 heavy (non-hydrogen) atoms. The summed E-state index contributed by atoms with van der Waals surface area (Å²) in [6, 6.07) is 6.13. The van der Waals surface area contributed by atoms with Gasteiger partial charge in [-0.2, -0.15) is 0 Å². The van der Waals surface area contributed by atoms with E-state index in [9.17, 15) is 4.79 Å². The minimum absolute atomic E-state index is 0.0997. The van der Waals surface area contributed by atoms with E-state index in [0.29, 0.717) is 12.5 Å². The van der Waals surface area contributed by atoms with Gasteiger partial charge in [0.15, 0.2) is 5.78 Å². The van der Waals surface area contributed by atoms with Crippen LogP contribution in [0.15, 0.2) is 18.2 Å². The van der Waals surface area contributed by atoms with Gasteiger partial charge in [0.2, 0.25) is 0 Å². The summed E-state index contributed by atoms with van der Waals surface area (Å²) in [7, 11) is 0. The van der Waals surface area contributed by atoms with Crippen molar-refractivity contribution in [1.29, 1.82) is 0 Å². The molecule has 0 bridgehead atoms. The Morgan fingerprint density at radius 1 is 1.39 bits per heavy atom. The van der Waals surface area contributed by atoms with Crippen molar-refractivity contribution in [3.05, 3.63) is 29.3 Å². The Kier molecular flexibility index (Phi) is 4.40. The number of rotatable bonds is 6. The van der Waals surface area contributed by atoms with Gasteiger partial charge in [-0.05, 0) is 49.8 Å². The third-order valence-electron chi connectivity index (χ3n) is 3.71. The van der Waals surface area contributed by atoms with Crippen LogP contribution in [-0.4, -0.2) is 12.4 Å². The Morgan fingerprint density at radius 3 is 2.72 bits per heavy atom. The summed E-state index contributed by atoms with van der Waals surface area (Å²) >= 11 is 0. The zero-order valence-electron chi connectivity index (χ0n) is 11.4. The van der Waals surface area contributed by atoms with Gasteiger partial charge < -0.3 is 4.74 Å². The van der Waals surface area contributed by atoms with Crippen LogP contribution in [0, 0.1) is 0 Å². The lowest BCUT2D eigenvalue weighted by Gasteiger charge is -2.26. The molecule has 0 radical (unpaired) electrons. The summed E-state index contributed by atoms with van der Waals surface area (Å²) in [5.74, 6) is 1.51. The Labute approximate surface area is 109 Å². The van der Waals surface area contributed by atoms with Crippen molar-refractivity contribution < 1.29 is 9.53 Å². The Balaban J connectivity index is 2.15. The molecule has 0 aliphatic heterocycles. The van der Waals surface area contributed by atoms with E-state index in [1.165, 1.54) is 24.8 Å². The van der Waals surface area contributed by atoms with Crippen molar-refractivity contribution in [3.8, 4) is 5.75 Å². The molecule has 0 heterocycles. The fourth-order valence-electron chi connectivity index (χ4n) is 2.27. The largest absolute Gasteiger partial charge is 0.493 e. The number of unbranched alkanes of at least 4 members (excludes halogenated alkanes) is 1. The molecular weight excluding hydrogens is 224 g/mol. The van der Waals surface area contributed by atoms with E-state index >= 15 is 0 Å². The Morgan fingerprint density at radius 2 is 2.17 bits per heavy atom. The molecule has 2 rings (SSSR count). The lowest BCUT2D eigenvalue weighted by atomic mass is 9.79. The van der Waals surface area contributed by atoms with Crippen molar-refractivity contribution in [3.63, 3.8) is 0 Å². The van der Waals surface area contributed by atoms with E-state index in [-0.39, 0.29) is 5.78 Å². The molecule has 1 aliphatic rings. The van der Waals surface area contributed by atoms with Crippen LogP contribution >= 0.6 is 0 Å². The lowest BCUT2D eigenvalue weighted by molar-refractivity contribution is 0.101. The predicted octanol–water partition coefficient (Wildman–Crippen LogP) is 4.34. The van der Waals surface area contributed by atoms with Crippen LogP contribution in [0.3, 0.4) is 0 Å². The van der Waals surface area contributed by atoms with Crippen LogP contribution in [0.5, 0.6) is 5.75 Å². The number of benzene rings is 1. The quantitative estimate of drug-likeness (QED) is 0.551. The first-order valence-corrected chi connectivity index (χ1v) is 7.00. The number of carbonyl (C=O) groups excluding carboxylic acids is 1. The van der Waals surface area contributed by atoms with Gasteiger partial charge in [0, 0.05) is 0 Å². The van der Waals surface area contributed by atoms with Crippen molar-refractivity contribution in [2.75, 3.05) is 6.61 Å². The maximum atomic E-state index is 11.7. The van der Waals surface area contributed by atoms with Crippen molar-refractivity contribution in [2.45, 2.75) is 51.9 Å². The second-order valence-corrected chi connectivity index (χ2v) is 5.14. The van der Waals surface area contributed by atoms with E-state index in [1.54, 1.807) is 6.92 Å². The first-order chi connectivity index (χ1) is 8.72. The number of ketones is 1. The molecule has 0 atom stereocenters. The van der Waals surface area contributed by atoms with Gasteiger partial charge in [-0.1, -0.05) is 25.8 Å². The predicted molar refractivity (Wildman–Crippen MR) is 73.4 cm³/mol. The third kappa shape index (κ3) is 2.92. The van der Waals surface area contributed by atoms with Crippen LogP contribution in [0.4, 0.5) is 0 Å². The summed E-state index contributed by atoms with van der Waals surface area (Å²) in [5.41, 5.74) is 2.05. The average Bonchev–Trinajstić information content (AvgIpc) is 2.28. The highest BCUT2D eigenvalue weighted by molar-refractivity contribution is 5.97. The van der Waals surface area contributed by atoms with Crippen molar-refractivity contribution in [1.82, 2.24) is 0 Å². The van der Waals surface area contributed by atoms with E-state index in [4.69, 9.17) is 4.74 Å². The maximum Gasteiger partial charge on any atom is 0.163 e. The summed E-state index contributed by atoms with van der Waals surface area (Å²) in [4.78, 5) is 11.7. The topological polar surface area (TPSA) is 26.3 Å². The number of hydrogen-bond donors (Lipinski definition) is 0. The van der Waals surface area contributed by atoms with E-state index in [0.717, 1.165) is 24.2 Å². The standard InChI is InChI=1S/C16H22O2/c1-3-4-10-18-16-9-8-14(13-6-5-7-13)11-15(16)12(2)17/h8-9,11,13H,3-7,10H2,1-2H3. The molecule has 0 unspecified atom stereocenters. The van der Waals surface area contributed by atoms with Crippen LogP contribution < -0.4 is 4.74 Å². The molecular formula is C16H22O2. The van der Waals surface area contributed by atoms with Crippen LogP contribution in [0.1, 0.15) is 67.8 Å². The van der Waals surface area contributed by atoms with E-state index < -0.39 is 0 Å². The molecule has 98 valence electrons. The molecule has 2 nitrogen and oxygen atoms in total. The van der Waals surface area contributed by atoms with Gasteiger partial charge in [-0.15, -0.1) is 0 Å². The molecule has 0 aromatic heterocycles. The minimum Gasteiger partial charge on any atom is -0.493 e. The minimum atomic E-state index is 0.0997. The first-order valence-electron chi connectivity index (χ1n) is 7.00. The highest BCUT2D eigenvalue weighted by atomic mass is 16.5. The van der Waals surface area contributed by atoms with E-state index in [2.05, 4.69) is 13.0 Å². The normalized spacial score (nSPS) is 15.2. The van der Waals surface area contributed by atoms with Crippen LogP contribution in [0.25, 0.3) is 0 Å². The van der Waals surface area contributed by atoms with Gasteiger partial charge in [0.05, 0.1) is 12.2 Å². The number of ether oxygens (including phenoxy) is 1. The lowest BCUT2D eigenvalue weighted by Crippen LogP contribution is -2.10. The monoisotopic (exact) mass is 246 g/mol. The number of hydrogen-bond acceptors (Lipinski definition) is 2. The summed E-state index contributed by atoms with van der Waals surface area (Å²) < 4.78 is 5.70. The summed E-state index contributed by atoms with van der Waals surface area (Å²) in [5, 5.41) is 0. The highest BCUT2D eigenvalue weighted by Crippen LogP contribution is 2.38. The van der Waals surface area contributed by atoms with Crippen molar-refractivity contribution >= 4 is 5.78 Å². The molecule has 2 heteroatoms. The van der Waals surface area contributed by atoms with Gasteiger partial charge in [-0.25, -0.2) is 0 Å². The maximum absolute atomic E-state index is 11.7. The molecule has 0 amide bonds. The van der Waals surface area contributed by atoms with Gasteiger partial charge in [0.25, 0.3) is 0 Å². The Hall–Kier alpha value is -1.31. The Bertz CT molecular complexity index is 419. The SMILES string of the molecule is CCCCOc1ccc(C2CCC2)cc1C(C)=O. The second-order valence-electron chi connectivity index (χ2n) is 5.14. The fraction of sp³-hybridized carbons (Fsp3) is 0.562. The second kappa shape index (κ2) is 6.03. The molecule has 1 saturated carbocycles. The van der Waals surface area contributed by atoms with Gasteiger partial charge in [0.1, 0.15) is 5.75 Å². The van der Waals surface area contributed by atoms with Crippen LogP contribution in [-0.2, 0) is 0 Å².